The topological polar surface area (TPSA) is 46.3 Å². The number of carbonyl (C=O) groups is 1. The Morgan fingerprint density at radius 1 is 1.31 bits per heavy atom. The summed E-state index contributed by atoms with van der Waals surface area (Å²) in [7, 11) is 0. The summed E-state index contributed by atoms with van der Waals surface area (Å²) in [6.07, 6.45) is 0.549. The van der Waals surface area contributed by atoms with Gasteiger partial charge in [-0.1, -0.05) is 19.1 Å². The predicted molar refractivity (Wildman–Crippen MR) is 66.8 cm³/mol. The van der Waals surface area contributed by atoms with E-state index in [1.165, 1.54) is 0 Å². The zero-order valence-electron chi connectivity index (χ0n) is 10.2. The molecule has 88 valence electrons. The SMILES string of the molecule is CCC(=O)N(Cc1ccc(N)cc1)C(C)C. The summed E-state index contributed by atoms with van der Waals surface area (Å²) in [5, 5.41) is 0. The van der Waals surface area contributed by atoms with E-state index in [4.69, 9.17) is 5.73 Å². The molecule has 0 unspecified atom stereocenters. The van der Waals surface area contributed by atoms with Crippen molar-refractivity contribution in [2.75, 3.05) is 5.73 Å². The number of benzene rings is 1. The van der Waals surface area contributed by atoms with Crippen molar-refractivity contribution in [3.05, 3.63) is 29.8 Å². The number of rotatable bonds is 4. The average molecular weight is 220 g/mol. The van der Waals surface area contributed by atoms with Crippen LogP contribution in [0.15, 0.2) is 24.3 Å². The molecule has 16 heavy (non-hydrogen) atoms. The Morgan fingerprint density at radius 3 is 2.31 bits per heavy atom. The van der Waals surface area contributed by atoms with Gasteiger partial charge in [0.1, 0.15) is 0 Å². The van der Waals surface area contributed by atoms with Crippen LogP contribution in [0.5, 0.6) is 0 Å². The molecular weight excluding hydrogens is 200 g/mol. The van der Waals surface area contributed by atoms with Gasteiger partial charge in [-0.15, -0.1) is 0 Å². The molecular formula is C13H20N2O. The fraction of sp³-hybridized carbons (Fsp3) is 0.462. The first-order chi connectivity index (χ1) is 7.54. The molecule has 0 heterocycles. The van der Waals surface area contributed by atoms with Crippen LogP contribution in [0.4, 0.5) is 5.69 Å². The molecule has 1 rings (SSSR count). The highest BCUT2D eigenvalue weighted by atomic mass is 16.2. The van der Waals surface area contributed by atoms with Gasteiger partial charge in [0.05, 0.1) is 0 Å². The number of hydrogen-bond acceptors (Lipinski definition) is 2. The van der Waals surface area contributed by atoms with Gasteiger partial charge >= 0.3 is 0 Å². The van der Waals surface area contributed by atoms with Crippen molar-refractivity contribution in [1.29, 1.82) is 0 Å². The molecule has 0 saturated heterocycles. The van der Waals surface area contributed by atoms with Gasteiger partial charge in [0, 0.05) is 24.7 Å². The Hall–Kier alpha value is -1.51. The van der Waals surface area contributed by atoms with E-state index in [0.717, 1.165) is 11.3 Å². The fourth-order valence-corrected chi connectivity index (χ4v) is 1.58. The van der Waals surface area contributed by atoms with Gasteiger partial charge in [0.25, 0.3) is 0 Å². The Labute approximate surface area is 97.2 Å². The van der Waals surface area contributed by atoms with Crippen LogP contribution in [0.2, 0.25) is 0 Å². The average Bonchev–Trinajstić information content (AvgIpc) is 2.27. The Kier molecular flexibility index (Phi) is 4.35. The van der Waals surface area contributed by atoms with Crippen LogP contribution in [-0.2, 0) is 11.3 Å². The predicted octanol–water partition coefficient (Wildman–Crippen LogP) is 2.42. The van der Waals surface area contributed by atoms with Crippen molar-refractivity contribution in [3.8, 4) is 0 Å². The number of carbonyl (C=O) groups excluding carboxylic acids is 1. The lowest BCUT2D eigenvalue weighted by molar-refractivity contribution is -0.133. The summed E-state index contributed by atoms with van der Waals surface area (Å²) in [6.45, 7) is 6.61. The van der Waals surface area contributed by atoms with Crippen LogP contribution >= 0.6 is 0 Å². The second-order valence-corrected chi connectivity index (χ2v) is 4.21. The first-order valence-corrected chi connectivity index (χ1v) is 5.68. The van der Waals surface area contributed by atoms with E-state index < -0.39 is 0 Å². The zero-order valence-corrected chi connectivity index (χ0v) is 10.2. The molecule has 0 spiro atoms. The molecule has 0 aliphatic heterocycles. The molecule has 3 heteroatoms. The van der Waals surface area contributed by atoms with Crippen LogP contribution in [-0.4, -0.2) is 16.8 Å². The van der Waals surface area contributed by atoms with E-state index in [0.29, 0.717) is 13.0 Å². The van der Waals surface area contributed by atoms with Gasteiger partial charge in [0.2, 0.25) is 5.91 Å². The molecule has 0 fully saturated rings. The van der Waals surface area contributed by atoms with Gasteiger partial charge in [-0.05, 0) is 31.5 Å². The van der Waals surface area contributed by atoms with Crippen LogP contribution in [0.25, 0.3) is 0 Å². The molecule has 1 amide bonds. The van der Waals surface area contributed by atoms with Crippen molar-refractivity contribution >= 4 is 11.6 Å². The molecule has 0 bridgehead atoms. The largest absolute Gasteiger partial charge is 0.399 e. The highest BCUT2D eigenvalue weighted by molar-refractivity contribution is 5.76. The second-order valence-electron chi connectivity index (χ2n) is 4.21. The van der Waals surface area contributed by atoms with Gasteiger partial charge in [-0.2, -0.15) is 0 Å². The molecule has 1 aromatic rings. The highest BCUT2D eigenvalue weighted by Crippen LogP contribution is 2.11. The summed E-state index contributed by atoms with van der Waals surface area (Å²) in [6, 6.07) is 7.89. The van der Waals surface area contributed by atoms with Gasteiger partial charge < -0.3 is 10.6 Å². The van der Waals surface area contributed by atoms with Crippen molar-refractivity contribution in [2.45, 2.75) is 39.8 Å². The normalized spacial score (nSPS) is 10.5. The Bertz CT molecular complexity index is 343. The molecule has 3 nitrogen and oxygen atoms in total. The molecule has 0 atom stereocenters. The highest BCUT2D eigenvalue weighted by Gasteiger charge is 2.14. The fourth-order valence-electron chi connectivity index (χ4n) is 1.58. The summed E-state index contributed by atoms with van der Waals surface area (Å²) in [4.78, 5) is 13.6. The van der Waals surface area contributed by atoms with Gasteiger partial charge in [-0.3, -0.25) is 4.79 Å². The number of anilines is 1. The third-order valence-corrected chi connectivity index (χ3v) is 2.58. The van der Waals surface area contributed by atoms with E-state index in [2.05, 4.69) is 0 Å². The maximum Gasteiger partial charge on any atom is 0.222 e. The molecule has 0 aromatic heterocycles. The quantitative estimate of drug-likeness (QED) is 0.792. The second kappa shape index (κ2) is 5.54. The van der Waals surface area contributed by atoms with Crippen LogP contribution in [0.3, 0.4) is 0 Å². The maximum atomic E-state index is 11.7. The first-order valence-electron chi connectivity index (χ1n) is 5.68. The number of hydrogen-bond donors (Lipinski definition) is 1. The van der Waals surface area contributed by atoms with Crippen LogP contribution < -0.4 is 5.73 Å². The summed E-state index contributed by atoms with van der Waals surface area (Å²) in [5.74, 6) is 0.187. The minimum absolute atomic E-state index is 0.187. The molecule has 0 aliphatic carbocycles. The molecule has 0 saturated carbocycles. The number of nitrogens with zero attached hydrogens (tertiary/aromatic N) is 1. The molecule has 2 N–H and O–H groups in total. The number of nitrogens with two attached hydrogens (primary N) is 1. The summed E-state index contributed by atoms with van der Waals surface area (Å²) >= 11 is 0. The van der Waals surface area contributed by atoms with E-state index in [1.807, 2.05) is 49.9 Å². The van der Waals surface area contributed by atoms with Gasteiger partial charge in [-0.25, -0.2) is 0 Å². The van der Waals surface area contributed by atoms with E-state index in [-0.39, 0.29) is 11.9 Å². The number of amides is 1. The number of nitrogen functional groups attached to an aromatic ring is 1. The maximum absolute atomic E-state index is 11.7. The van der Waals surface area contributed by atoms with Crippen LogP contribution in [0, 0.1) is 0 Å². The smallest absolute Gasteiger partial charge is 0.222 e. The van der Waals surface area contributed by atoms with E-state index >= 15 is 0 Å². The first kappa shape index (κ1) is 12.6. The minimum Gasteiger partial charge on any atom is -0.399 e. The monoisotopic (exact) mass is 220 g/mol. The van der Waals surface area contributed by atoms with Crippen molar-refractivity contribution < 1.29 is 4.79 Å². The third kappa shape index (κ3) is 3.26. The van der Waals surface area contributed by atoms with Crippen LogP contribution in [0.1, 0.15) is 32.8 Å². The van der Waals surface area contributed by atoms with E-state index in [9.17, 15) is 4.79 Å². The summed E-state index contributed by atoms with van der Waals surface area (Å²) < 4.78 is 0. The Balaban J connectivity index is 2.75. The van der Waals surface area contributed by atoms with E-state index in [1.54, 1.807) is 0 Å². The minimum atomic E-state index is 0.187. The molecule has 0 radical (unpaired) electrons. The molecule has 0 aliphatic rings. The third-order valence-electron chi connectivity index (χ3n) is 2.58. The lowest BCUT2D eigenvalue weighted by atomic mass is 10.1. The van der Waals surface area contributed by atoms with Crippen molar-refractivity contribution in [2.24, 2.45) is 0 Å². The zero-order chi connectivity index (χ0) is 12.1. The lowest BCUT2D eigenvalue weighted by Crippen LogP contribution is -2.35. The van der Waals surface area contributed by atoms with Gasteiger partial charge in [0.15, 0.2) is 0 Å². The Morgan fingerprint density at radius 2 is 1.88 bits per heavy atom. The van der Waals surface area contributed by atoms with Crippen molar-refractivity contribution in [3.63, 3.8) is 0 Å². The standard InChI is InChI=1S/C13H20N2O/c1-4-13(16)15(10(2)3)9-11-5-7-12(14)8-6-11/h5-8,10H,4,9,14H2,1-3H3. The summed E-state index contributed by atoms with van der Waals surface area (Å²) in [5.41, 5.74) is 7.49. The molecule has 1 aromatic carbocycles. The van der Waals surface area contributed by atoms with Crippen molar-refractivity contribution in [1.82, 2.24) is 4.90 Å². The lowest BCUT2D eigenvalue weighted by Gasteiger charge is -2.26.